The number of hydrogen-bond acceptors (Lipinski definition) is 36. The van der Waals surface area contributed by atoms with Gasteiger partial charge in [0.05, 0.1) is 0 Å². The molecule has 0 aromatic rings. The zero-order valence-electron chi connectivity index (χ0n) is 74.2. The zero-order chi connectivity index (χ0) is 87.7. The van der Waals surface area contributed by atoms with Crippen molar-refractivity contribution < 1.29 is 148 Å². The SMILES string of the molecule is C[Si](O[Si](C)O[Si](C)O[Si](C)O[Si](C)O[Si](C)O[Si](C)O[Si](C)O[Si](C)O[Si](C)O[Si](C)O[Si](C)O[Si](C)O[Si](C)O[Si](C)O[Si](C)O[Si](C)O[Si](C)O[Si](C)(C)C)O[Si](C)O[Si](C)O[Si](C)O[Si](C)O[Si](C)O[Si](C)O[Si](C)O[Si](C)O[Si](C)O[Si](C)O[Si](C)O[Si](C)O[Si](C)O[Si](C)O[Si](C)O[Si](C)O[Si](C)O[Si](C)(C)C. The highest BCUT2D eigenvalue weighted by molar-refractivity contribution is 6.81. The lowest BCUT2D eigenvalue weighted by atomic mass is 11.8. The number of hydrogen-bond donors (Lipinski definition) is 0. The van der Waals surface area contributed by atoms with Gasteiger partial charge in [0.15, 0.2) is 16.6 Å². The molecule has 651 valence electrons. The molecule has 0 aromatic heterocycles. The first kappa shape index (κ1) is 121. The van der Waals surface area contributed by atoms with Gasteiger partial charge in [0.25, 0.3) is 0 Å². The van der Waals surface area contributed by atoms with Crippen molar-refractivity contribution in [1.82, 2.24) is 0 Å². The van der Waals surface area contributed by atoms with Crippen molar-refractivity contribution >= 4 is 342 Å². The van der Waals surface area contributed by atoms with Crippen LogP contribution in [0.25, 0.3) is 0 Å². The second kappa shape index (κ2) is 66.0. The highest BCUT2D eigenvalue weighted by Gasteiger charge is 2.38. The molecule has 0 saturated carbocycles. The van der Waals surface area contributed by atoms with E-state index in [2.05, 4.69) is 39.3 Å². The predicted molar refractivity (Wildman–Crippen MR) is 492 cm³/mol. The molecule has 0 aliphatic rings. The molecule has 0 fully saturated rings. The van der Waals surface area contributed by atoms with Crippen molar-refractivity contribution in [2.24, 2.45) is 0 Å². The molecule has 114 heavy (non-hydrogen) atoms. The lowest BCUT2D eigenvalue weighted by Crippen LogP contribution is -2.44. The fourth-order valence-corrected chi connectivity index (χ4v) is 89.4. The summed E-state index contributed by atoms with van der Waals surface area (Å²) in [5, 5.41) is 0. The summed E-state index contributed by atoms with van der Waals surface area (Å²) in [4.78, 5) is 0. The van der Waals surface area contributed by atoms with Crippen LogP contribution >= 0.6 is 0 Å². The maximum Gasteiger partial charge on any atom is 0.362 e. The normalized spacial score (nSPS) is 14.0. The summed E-state index contributed by atoms with van der Waals surface area (Å²) < 4.78 is 222. The first-order valence-corrected chi connectivity index (χ1v) is 106. The highest BCUT2D eigenvalue weighted by atomic mass is 28.5. The molecular weight excluding hydrogens is 2110 g/mol. The average molecular weight is 2230 g/mol. The molecule has 0 heterocycles. The van der Waals surface area contributed by atoms with E-state index in [0.717, 1.165) is 0 Å². The molecule has 0 saturated heterocycles. The van der Waals surface area contributed by atoms with Crippen LogP contribution < -0.4 is 0 Å². The van der Waals surface area contributed by atoms with E-state index in [0.29, 0.717) is 0 Å². The molecule has 0 N–H and O–H groups in total. The van der Waals surface area contributed by atoms with Gasteiger partial charge < -0.3 is 148 Å². The van der Waals surface area contributed by atoms with E-state index >= 15 is 0 Å². The largest absolute Gasteiger partial charge is 0.436 e. The average Bonchev–Trinajstić information content (AvgIpc) is 0.925. The molecule has 73 heteroatoms. The van der Waals surface area contributed by atoms with Gasteiger partial charge in [-0.15, -0.1) is 0 Å². The summed E-state index contributed by atoms with van der Waals surface area (Å²) in [5.41, 5.74) is 0. The van der Waals surface area contributed by atoms with E-state index in [1.54, 1.807) is 0 Å². The summed E-state index contributed by atoms with van der Waals surface area (Å²) in [7, 11) is -61.0. The molecule has 0 amide bonds. The molecule has 0 rings (SSSR count). The third-order valence-corrected chi connectivity index (χ3v) is 96.1. The van der Waals surface area contributed by atoms with Crippen molar-refractivity contribution in [3.8, 4) is 0 Å². The highest BCUT2D eigenvalue weighted by Crippen LogP contribution is 2.16. The summed E-state index contributed by atoms with van der Waals surface area (Å²) in [5.74, 6) is 0. The first-order valence-electron chi connectivity index (χ1n) is 35.2. The molecule has 0 spiro atoms. The van der Waals surface area contributed by atoms with Crippen molar-refractivity contribution in [2.75, 3.05) is 0 Å². The van der Waals surface area contributed by atoms with Gasteiger partial charge >= 0.3 is 325 Å². The van der Waals surface area contributed by atoms with E-state index in [1.807, 2.05) is 229 Å². The summed E-state index contributed by atoms with van der Waals surface area (Å²) >= 11 is 0. The molecule has 0 aromatic carbocycles. The second-order valence-electron chi connectivity index (χ2n) is 25.1. The van der Waals surface area contributed by atoms with E-state index in [4.69, 9.17) is 148 Å². The predicted octanol–water partition coefficient (Wildman–Crippen LogP) is 7.38. The van der Waals surface area contributed by atoms with E-state index in [-0.39, 0.29) is 0 Å². The first-order chi connectivity index (χ1) is 52.5. The minimum atomic E-state index is -1.71. The zero-order valence-corrected chi connectivity index (χ0v) is 111. The standard InChI is InChI=1S/C41H123O36Si37/c1-78(42-79(2)44-81(4)46-83(6)48-85(8)50-87(10)52-89(12)54-91(14)56-93(16)58-95(18)60-97(20)62-99(22)64-101(24)66-103(26)68-105(28)70-107(30)72-109(32)74-111(34)76-113(36,37)38)43-80(3)45-82(5)47-84(7)49-86(9)51-88(11)53-90(13)55-92(15)57-94(17)59-96(19)61-98(21)63-100(23)65-102(25)67-104(27)69-106(29)71-108(31)73-110(33)75-112(35)77-114(39,40)41/h1-41H3. The van der Waals surface area contributed by atoms with Gasteiger partial charge in [-0.25, -0.2) is 0 Å². The lowest BCUT2D eigenvalue weighted by molar-refractivity contribution is 0.297. The van der Waals surface area contributed by atoms with Gasteiger partial charge in [-0.1, -0.05) is 0 Å². The molecule has 35 radical (unpaired) electrons. The molecule has 36 nitrogen and oxygen atoms in total. The quantitative estimate of drug-likeness (QED) is 0.0536. The molecule has 0 atom stereocenters. The van der Waals surface area contributed by atoms with Crippen LogP contribution in [0.4, 0.5) is 0 Å². The van der Waals surface area contributed by atoms with Crippen LogP contribution in [0.2, 0.25) is 268 Å². The molecule has 0 unspecified atom stereocenters. The van der Waals surface area contributed by atoms with Crippen molar-refractivity contribution in [1.29, 1.82) is 0 Å². The second-order valence-corrected chi connectivity index (χ2v) is 97.4. The van der Waals surface area contributed by atoms with Gasteiger partial charge in [0.1, 0.15) is 0 Å². The van der Waals surface area contributed by atoms with Gasteiger partial charge in [-0.2, -0.15) is 0 Å². The van der Waals surface area contributed by atoms with Crippen LogP contribution in [0.15, 0.2) is 0 Å². The topological polar surface area (TPSA) is 332 Å². The Labute approximate surface area is 750 Å². The minimum Gasteiger partial charge on any atom is -0.436 e. The maximum atomic E-state index is 6.22. The monoisotopic (exact) mass is 2230 g/mol. The van der Waals surface area contributed by atoms with Crippen molar-refractivity contribution in [3.63, 3.8) is 0 Å². The Hall–Kier alpha value is 6.58. The van der Waals surface area contributed by atoms with Gasteiger partial charge in [0.2, 0.25) is 0 Å². The number of rotatable bonds is 72. The van der Waals surface area contributed by atoms with Crippen LogP contribution in [-0.2, 0) is 148 Å². The third kappa shape index (κ3) is 70.4. The Morgan fingerprint density at radius 3 is 0.175 bits per heavy atom. The van der Waals surface area contributed by atoms with Crippen molar-refractivity contribution in [3.05, 3.63) is 0 Å². The van der Waals surface area contributed by atoms with E-state index in [9.17, 15) is 0 Å². The fourth-order valence-electron chi connectivity index (χ4n) is 8.47. The van der Waals surface area contributed by atoms with Gasteiger partial charge in [-0.3, -0.25) is 0 Å². The lowest BCUT2D eigenvalue weighted by Gasteiger charge is -2.26. The van der Waals surface area contributed by atoms with E-state index < -0.39 is 342 Å². The van der Waals surface area contributed by atoms with Gasteiger partial charge in [-0.05, 0) is 268 Å². The molecule has 0 aliphatic heterocycles. The Morgan fingerprint density at radius 2 is 0.132 bits per heavy atom. The molecule has 0 bridgehead atoms. The Bertz CT molecular complexity index is 2210. The van der Waals surface area contributed by atoms with Crippen LogP contribution in [0.5, 0.6) is 0 Å². The maximum absolute atomic E-state index is 6.22. The third-order valence-electron chi connectivity index (χ3n) is 10.7. The molecular formula is C41H123O36Si37. The Balaban J connectivity index is 4.55. The summed E-state index contributed by atoms with van der Waals surface area (Å²) in [6.45, 7) is 80.8. The summed E-state index contributed by atoms with van der Waals surface area (Å²) in [6.07, 6.45) is 0. The van der Waals surface area contributed by atoms with Crippen LogP contribution in [-0.4, -0.2) is 342 Å². The summed E-state index contributed by atoms with van der Waals surface area (Å²) in [6, 6.07) is 0. The smallest absolute Gasteiger partial charge is 0.362 e. The fraction of sp³-hybridized carbons (Fsp3) is 1.00. The molecule has 0 aliphatic carbocycles. The van der Waals surface area contributed by atoms with Crippen molar-refractivity contribution in [2.45, 2.75) is 268 Å². The van der Waals surface area contributed by atoms with Gasteiger partial charge in [0, 0.05) is 0 Å². The van der Waals surface area contributed by atoms with Crippen LogP contribution in [0.3, 0.4) is 0 Å². The Morgan fingerprint density at radius 1 is 0.0877 bits per heavy atom. The Kier molecular flexibility index (Phi) is 69.8. The van der Waals surface area contributed by atoms with Crippen LogP contribution in [0, 0.1) is 0 Å². The minimum absolute atomic E-state index is 1.37. The van der Waals surface area contributed by atoms with E-state index in [1.165, 1.54) is 0 Å². The van der Waals surface area contributed by atoms with Crippen LogP contribution in [0.1, 0.15) is 0 Å².